The average molecular weight is 958 g/mol. The van der Waals surface area contributed by atoms with Crippen molar-refractivity contribution >= 4 is 10.8 Å². The lowest BCUT2D eigenvalue weighted by atomic mass is 9.94. The number of azide groups is 1. The van der Waals surface area contributed by atoms with E-state index in [-0.39, 0.29) is 33.0 Å². The first kappa shape index (κ1) is 49.8. The largest absolute Gasteiger partial charge is 0.374 e. The fraction of sp³-hybridized carbons (Fsp3) is 0.345. The second-order valence-electron chi connectivity index (χ2n) is 17.5. The van der Waals surface area contributed by atoms with E-state index in [2.05, 4.69) is 46.6 Å². The highest BCUT2D eigenvalue weighted by atomic mass is 16.8. The molecule has 1 unspecified atom stereocenters. The van der Waals surface area contributed by atoms with Crippen LogP contribution in [0.3, 0.4) is 0 Å². The normalized spacial score (nSPS) is 26.1. The topological polar surface area (TPSA) is 141 Å². The van der Waals surface area contributed by atoms with E-state index < -0.39 is 67.6 Å². The van der Waals surface area contributed by atoms with Crippen LogP contribution in [0.25, 0.3) is 21.2 Å². The Balaban J connectivity index is 1.08. The van der Waals surface area contributed by atoms with Crippen LogP contribution in [0.15, 0.2) is 182 Å². The van der Waals surface area contributed by atoms with E-state index in [0.717, 1.165) is 45.0 Å². The maximum atomic E-state index is 10.1. The van der Waals surface area contributed by atoms with Crippen molar-refractivity contribution in [1.82, 2.24) is 0 Å². The Morgan fingerprint density at radius 2 is 1.30 bits per heavy atom. The van der Waals surface area contributed by atoms with Crippen LogP contribution in [0.5, 0.6) is 0 Å². The fourth-order valence-electron chi connectivity index (χ4n) is 9.09. The van der Waals surface area contributed by atoms with Crippen molar-refractivity contribution in [3.8, 4) is 11.8 Å². The summed E-state index contributed by atoms with van der Waals surface area (Å²) in [5.74, 6) is 6.63. The Labute approximate surface area is 415 Å². The number of benzene rings is 6. The van der Waals surface area contributed by atoms with Crippen molar-refractivity contribution in [1.29, 1.82) is 0 Å². The minimum absolute atomic E-state index is 0.0321. The van der Waals surface area contributed by atoms with Crippen molar-refractivity contribution in [3.63, 3.8) is 0 Å². The third kappa shape index (κ3) is 13.2. The van der Waals surface area contributed by atoms with Crippen LogP contribution in [-0.4, -0.2) is 87.8 Å². The second kappa shape index (κ2) is 25.8. The number of hydrogen-bond acceptors (Lipinski definition) is 11. The molecule has 9 rings (SSSR count). The summed E-state index contributed by atoms with van der Waals surface area (Å²) in [4.78, 5) is 3.28. The Kier molecular flexibility index (Phi) is 18.1. The van der Waals surface area contributed by atoms with Crippen LogP contribution in [0.4, 0.5) is 0 Å². The molecule has 71 heavy (non-hydrogen) atoms. The van der Waals surface area contributed by atoms with Crippen molar-refractivity contribution < 1.29 is 47.4 Å². The van der Waals surface area contributed by atoms with Crippen LogP contribution >= 0.6 is 0 Å². The van der Waals surface area contributed by atoms with Crippen molar-refractivity contribution in [2.24, 2.45) is 5.11 Å². The highest BCUT2D eigenvalue weighted by Gasteiger charge is 2.55. The SMILES string of the molecule is C=CCCCO[C@@H]1O[C@H](COCc2ccccc2)[C@@H](O[C@@H]2O[C@@H]3COC(c4ccccc4)O[C@H]3[C@H](OCC#Cc3cccc4ccccc34)[C@@H]2OCc2ccccc2)[C@H](OCc2ccccc2)[C@H]1N=[N+]=[N-]. The van der Waals surface area contributed by atoms with E-state index in [1.54, 1.807) is 0 Å². The van der Waals surface area contributed by atoms with Gasteiger partial charge >= 0.3 is 0 Å². The highest BCUT2D eigenvalue weighted by molar-refractivity contribution is 5.88. The molecular formula is C58H59N3O10. The minimum atomic E-state index is -1.14. The Bertz CT molecular complexity index is 2680. The van der Waals surface area contributed by atoms with Crippen molar-refractivity contribution in [2.75, 3.05) is 26.4 Å². The first-order chi connectivity index (χ1) is 35.1. The van der Waals surface area contributed by atoms with Gasteiger partial charge in [-0.1, -0.05) is 181 Å². The predicted octanol–water partition coefficient (Wildman–Crippen LogP) is 10.6. The first-order valence-corrected chi connectivity index (χ1v) is 24.2. The first-order valence-electron chi connectivity index (χ1n) is 24.2. The molecule has 0 N–H and O–H groups in total. The summed E-state index contributed by atoms with van der Waals surface area (Å²) in [6.07, 6.45) is -5.42. The zero-order valence-corrected chi connectivity index (χ0v) is 39.5. The summed E-state index contributed by atoms with van der Waals surface area (Å²) in [7, 11) is 0. The van der Waals surface area contributed by atoms with Gasteiger partial charge in [0.1, 0.15) is 55.4 Å². The van der Waals surface area contributed by atoms with Gasteiger partial charge in [-0.05, 0) is 51.9 Å². The lowest BCUT2D eigenvalue weighted by molar-refractivity contribution is -0.389. The molecule has 0 aromatic heterocycles. The number of allylic oxidation sites excluding steroid dienone is 1. The molecule has 3 aliphatic heterocycles. The summed E-state index contributed by atoms with van der Waals surface area (Å²) >= 11 is 0. The molecule has 0 saturated carbocycles. The molecule has 3 fully saturated rings. The molecular weight excluding hydrogens is 899 g/mol. The third-order valence-electron chi connectivity index (χ3n) is 12.6. The number of rotatable bonds is 21. The summed E-state index contributed by atoms with van der Waals surface area (Å²) in [5, 5.41) is 6.43. The van der Waals surface area contributed by atoms with Gasteiger partial charge in [0.25, 0.3) is 0 Å². The zero-order chi connectivity index (χ0) is 48.5. The number of fused-ring (bicyclic) bond motifs is 2. The van der Waals surface area contributed by atoms with Crippen LogP contribution in [-0.2, 0) is 67.2 Å². The van der Waals surface area contributed by atoms with Crippen LogP contribution < -0.4 is 0 Å². The lowest BCUT2D eigenvalue weighted by Gasteiger charge is -2.51. The zero-order valence-electron chi connectivity index (χ0n) is 39.5. The molecule has 3 aliphatic rings. The predicted molar refractivity (Wildman–Crippen MR) is 267 cm³/mol. The van der Waals surface area contributed by atoms with E-state index in [9.17, 15) is 5.53 Å². The van der Waals surface area contributed by atoms with E-state index in [1.165, 1.54) is 0 Å². The maximum Gasteiger partial charge on any atom is 0.187 e. The van der Waals surface area contributed by atoms with Gasteiger partial charge < -0.3 is 47.4 Å². The van der Waals surface area contributed by atoms with Crippen LogP contribution in [0.1, 0.15) is 46.9 Å². The van der Waals surface area contributed by atoms with Crippen LogP contribution in [0.2, 0.25) is 0 Å². The number of hydrogen-bond donors (Lipinski definition) is 0. The molecule has 3 heterocycles. The Hall–Kier alpha value is -6.21. The molecule has 13 heteroatoms. The third-order valence-corrected chi connectivity index (χ3v) is 12.6. The molecule has 6 aromatic rings. The molecule has 11 atom stereocenters. The highest BCUT2D eigenvalue weighted by Crippen LogP contribution is 2.39. The quantitative estimate of drug-likeness (QED) is 0.0171. The Morgan fingerprint density at radius 3 is 2.00 bits per heavy atom. The van der Waals surface area contributed by atoms with Crippen molar-refractivity contribution in [3.05, 3.63) is 215 Å². The van der Waals surface area contributed by atoms with Gasteiger partial charge in [0.2, 0.25) is 0 Å². The van der Waals surface area contributed by atoms with E-state index in [4.69, 9.17) is 47.4 Å². The summed E-state index contributed by atoms with van der Waals surface area (Å²) in [6, 6.07) is 52.5. The number of nitrogens with zero attached hydrogens (tertiary/aromatic N) is 3. The molecule has 13 nitrogen and oxygen atoms in total. The van der Waals surface area contributed by atoms with Gasteiger partial charge in [0.15, 0.2) is 18.9 Å². The summed E-state index contributed by atoms with van der Waals surface area (Å²) in [5.41, 5.74) is 14.7. The van der Waals surface area contributed by atoms with Gasteiger partial charge in [-0.3, -0.25) is 0 Å². The smallest absolute Gasteiger partial charge is 0.187 e. The fourth-order valence-corrected chi connectivity index (χ4v) is 9.09. The molecule has 366 valence electrons. The molecule has 3 saturated heterocycles. The maximum absolute atomic E-state index is 10.1. The van der Waals surface area contributed by atoms with E-state index >= 15 is 0 Å². The molecule has 0 aliphatic carbocycles. The van der Waals surface area contributed by atoms with Gasteiger partial charge in [0, 0.05) is 16.0 Å². The van der Waals surface area contributed by atoms with Gasteiger partial charge in [-0.2, -0.15) is 0 Å². The summed E-state index contributed by atoms with van der Waals surface area (Å²) < 4.78 is 67.7. The Morgan fingerprint density at radius 1 is 0.648 bits per heavy atom. The van der Waals surface area contributed by atoms with Crippen LogP contribution in [0, 0.1) is 11.8 Å². The van der Waals surface area contributed by atoms with Crippen molar-refractivity contribution in [2.45, 2.75) is 100 Å². The molecule has 0 bridgehead atoms. The lowest BCUT2D eigenvalue weighted by Crippen LogP contribution is -2.67. The van der Waals surface area contributed by atoms with Gasteiger partial charge in [-0.25, -0.2) is 0 Å². The molecule has 0 radical (unpaired) electrons. The number of ether oxygens (including phenoxy) is 10. The van der Waals surface area contributed by atoms with E-state index in [1.807, 2.05) is 152 Å². The second-order valence-corrected chi connectivity index (χ2v) is 17.5. The molecule has 0 amide bonds. The summed E-state index contributed by atoms with van der Waals surface area (Å²) in [6.45, 7) is 5.07. The van der Waals surface area contributed by atoms with E-state index in [0.29, 0.717) is 19.6 Å². The monoisotopic (exact) mass is 957 g/mol. The average Bonchev–Trinajstić information content (AvgIpc) is 3.42. The van der Waals surface area contributed by atoms with Gasteiger partial charge in [0.05, 0.1) is 39.6 Å². The molecule has 0 spiro atoms. The van der Waals surface area contributed by atoms with Gasteiger partial charge in [-0.15, -0.1) is 6.58 Å². The minimum Gasteiger partial charge on any atom is -0.374 e. The number of unbranched alkanes of at least 4 members (excludes halogenated alkanes) is 1. The standard InChI is InChI=1S/C58H59N3O10/c1-2-3-18-34-64-57-50(60-61-59)53(65-37-42-23-10-5-11-24-42)51(48(68-57)39-62-36-41-21-8-4-9-22-41)71-58-55(66-38-43-25-12-6-13-26-43)54(52-49(69-58)40-67-56(70-52)46-28-14-7-15-29-46)63-35-20-32-45-31-19-30-44-27-16-17-33-47(44)45/h2,4-17,19,21-31,33,48-58H,1,3,18,34-40H2/t48-,49-,50-,51-,52-,53-,54+,55+,56?,57-,58+/m1/s1. The molecule has 6 aromatic carbocycles.